The molecular weight excluding hydrogens is 540 g/mol. The highest BCUT2D eigenvalue weighted by Gasteiger charge is 2.47. The molecule has 2 aliphatic rings. The van der Waals surface area contributed by atoms with Crippen LogP contribution in [-0.2, 0) is 16.0 Å². The first-order valence-corrected chi connectivity index (χ1v) is 14.9. The lowest BCUT2D eigenvalue weighted by Gasteiger charge is -2.30. The number of likely N-dealkylation sites (tertiary alicyclic amines) is 1. The van der Waals surface area contributed by atoms with Crippen LogP contribution in [0.4, 0.5) is 0 Å². The monoisotopic (exact) mass is 587 g/mol. The molecule has 0 aliphatic carbocycles. The van der Waals surface area contributed by atoms with Gasteiger partial charge in [0.25, 0.3) is 0 Å². The number of ether oxygens (including phenoxy) is 3. The van der Waals surface area contributed by atoms with Crippen molar-refractivity contribution in [3.63, 3.8) is 0 Å². The zero-order valence-corrected chi connectivity index (χ0v) is 25.9. The van der Waals surface area contributed by atoms with Crippen LogP contribution in [0, 0.1) is 12.8 Å². The first kappa shape index (κ1) is 31.6. The van der Waals surface area contributed by atoms with Crippen LogP contribution >= 0.6 is 0 Å². The van der Waals surface area contributed by atoms with Gasteiger partial charge in [0.1, 0.15) is 5.76 Å². The number of hydrogen-bond donors (Lipinski definition) is 1. The first-order chi connectivity index (χ1) is 20.0. The van der Waals surface area contributed by atoms with Crippen molar-refractivity contribution >= 4 is 11.9 Å². The Morgan fingerprint density at radius 2 is 1.95 bits per heavy atom. The van der Waals surface area contributed by atoms with Crippen LogP contribution in [-0.4, -0.2) is 110 Å². The fourth-order valence-electron chi connectivity index (χ4n) is 6.06. The molecule has 1 aromatic heterocycles. The van der Waals surface area contributed by atoms with E-state index in [0.29, 0.717) is 61.4 Å². The van der Waals surface area contributed by atoms with Crippen molar-refractivity contribution in [3.8, 4) is 17.2 Å². The van der Waals surface area contributed by atoms with Gasteiger partial charge in [-0.15, -0.1) is 0 Å². The molecule has 3 heterocycles. The molecule has 0 spiro atoms. The number of quaternary nitrogens is 1. The minimum atomic E-state index is -0.897. The molecular formula is C31H47N4O7+. The van der Waals surface area contributed by atoms with Gasteiger partial charge in [0.15, 0.2) is 17.4 Å². The highest BCUT2D eigenvalue weighted by Crippen LogP contribution is 2.47. The SMILES string of the molecule is CCCCN(CCC[N+](C)(C)C)C(=O)CN1CC(c2cc(OC)c3c(c2)OCO3)C(C(=O)O)C1CCc1ncc(C)o1. The number of aryl methyl sites for hydroxylation is 2. The average molecular weight is 588 g/mol. The first-order valence-electron chi connectivity index (χ1n) is 14.9. The van der Waals surface area contributed by atoms with Crippen molar-refractivity contribution in [1.82, 2.24) is 14.8 Å². The number of carbonyl (C=O) groups excluding carboxylic acids is 1. The molecule has 1 amide bonds. The largest absolute Gasteiger partial charge is 0.493 e. The van der Waals surface area contributed by atoms with Gasteiger partial charge in [0, 0.05) is 44.4 Å². The summed E-state index contributed by atoms with van der Waals surface area (Å²) in [5, 5.41) is 10.6. The predicted octanol–water partition coefficient (Wildman–Crippen LogP) is 3.55. The van der Waals surface area contributed by atoms with E-state index in [9.17, 15) is 14.7 Å². The second kappa shape index (κ2) is 13.8. The van der Waals surface area contributed by atoms with Crippen molar-refractivity contribution in [3.05, 3.63) is 35.5 Å². The summed E-state index contributed by atoms with van der Waals surface area (Å²) in [5.74, 6) is 0.866. The van der Waals surface area contributed by atoms with Gasteiger partial charge in [-0.25, -0.2) is 4.98 Å². The number of unbranched alkanes of at least 4 members (excludes halogenated alkanes) is 1. The smallest absolute Gasteiger partial charge is 0.308 e. The van der Waals surface area contributed by atoms with Gasteiger partial charge >= 0.3 is 5.97 Å². The third kappa shape index (κ3) is 7.74. The molecule has 2 aliphatic heterocycles. The minimum Gasteiger partial charge on any atom is -0.493 e. The quantitative estimate of drug-likeness (QED) is 0.313. The minimum absolute atomic E-state index is 0.0369. The van der Waals surface area contributed by atoms with E-state index in [1.807, 2.05) is 24.0 Å². The molecule has 42 heavy (non-hydrogen) atoms. The Morgan fingerprint density at radius 3 is 2.60 bits per heavy atom. The van der Waals surface area contributed by atoms with E-state index in [4.69, 9.17) is 18.6 Å². The van der Waals surface area contributed by atoms with Crippen LogP contribution in [0.2, 0.25) is 0 Å². The van der Waals surface area contributed by atoms with Gasteiger partial charge in [-0.1, -0.05) is 13.3 Å². The number of amides is 1. The topological polar surface area (TPSA) is 115 Å². The number of oxazole rings is 1. The molecule has 3 unspecified atom stereocenters. The fourth-order valence-corrected chi connectivity index (χ4v) is 6.06. The molecule has 0 radical (unpaired) electrons. The molecule has 0 bridgehead atoms. The summed E-state index contributed by atoms with van der Waals surface area (Å²) in [5.41, 5.74) is 0.793. The molecule has 1 aromatic carbocycles. The van der Waals surface area contributed by atoms with Gasteiger partial charge in [-0.3, -0.25) is 14.5 Å². The Bertz CT molecular complexity index is 1220. The van der Waals surface area contributed by atoms with E-state index in [0.717, 1.165) is 35.9 Å². The van der Waals surface area contributed by atoms with Crippen molar-refractivity contribution < 1.29 is 37.8 Å². The third-order valence-corrected chi connectivity index (χ3v) is 8.19. The number of nitrogens with zero attached hydrogens (tertiary/aromatic N) is 4. The van der Waals surface area contributed by atoms with E-state index in [-0.39, 0.29) is 31.2 Å². The maximum absolute atomic E-state index is 13.8. The lowest BCUT2D eigenvalue weighted by Crippen LogP contribution is -2.45. The normalized spacial score (nSPS) is 20.2. The zero-order chi connectivity index (χ0) is 30.4. The summed E-state index contributed by atoms with van der Waals surface area (Å²) >= 11 is 0. The highest BCUT2D eigenvalue weighted by molar-refractivity contribution is 5.79. The van der Waals surface area contributed by atoms with Gasteiger partial charge < -0.3 is 33.1 Å². The Balaban J connectivity index is 1.61. The van der Waals surface area contributed by atoms with Gasteiger partial charge in [-0.2, -0.15) is 0 Å². The number of methoxy groups -OCH3 is 1. The molecule has 1 saturated heterocycles. The Kier molecular flexibility index (Phi) is 10.4. The van der Waals surface area contributed by atoms with Gasteiger partial charge in [0.05, 0.1) is 53.5 Å². The molecule has 1 N–H and O–H groups in total. The predicted molar refractivity (Wildman–Crippen MR) is 157 cm³/mol. The van der Waals surface area contributed by atoms with E-state index < -0.39 is 11.9 Å². The van der Waals surface area contributed by atoms with E-state index >= 15 is 0 Å². The second-order valence-corrected chi connectivity index (χ2v) is 12.4. The van der Waals surface area contributed by atoms with Crippen molar-refractivity contribution in [2.24, 2.45) is 5.92 Å². The number of carbonyl (C=O) groups is 2. The number of carboxylic acids is 1. The summed E-state index contributed by atoms with van der Waals surface area (Å²) in [6, 6.07) is 3.30. The number of carboxylic acid groups (broad SMARTS) is 1. The highest BCUT2D eigenvalue weighted by atomic mass is 16.7. The molecule has 0 saturated carbocycles. The molecule has 11 nitrogen and oxygen atoms in total. The lowest BCUT2D eigenvalue weighted by molar-refractivity contribution is -0.870. The van der Waals surface area contributed by atoms with Crippen LogP contribution in [0.15, 0.2) is 22.7 Å². The number of hydrogen-bond acceptors (Lipinski definition) is 8. The summed E-state index contributed by atoms with van der Waals surface area (Å²) in [7, 11) is 8.01. The van der Waals surface area contributed by atoms with Gasteiger partial charge in [-0.05, 0) is 37.5 Å². The standard InChI is InChI=1S/C31H46N4O7/c1-7-8-12-33(13-9-14-35(3,4)5)28(36)19-34-18-23(22-15-25(39-6)30-26(16-22)40-20-41-30)29(31(37)38)24(34)10-11-27-32-17-21(2)42-27/h15-17,23-24,29H,7-14,18-20H2,1-6H3/p+1. The molecule has 3 atom stereocenters. The number of rotatable bonds is 15. The van der Waals surface area contributed by atoms with Gasteiger partial charge in [0.2, 0.25) is 18.4 Å². The van der Waals surface area contributed by atoms with Crippen LogP contribution < -0.4 is 14.2 Å². The number of aromatic nitrogens is 1. The van der Waals surface area contributed by atoms with Crippen molar-refractivity contribution in [2.75, 3.05) is 67.8 Å². The van der Waals surface area contributed by atoms with E-state index in [2.05, 4.69) is 38.0 Å². The maximum Gasteiger partial charge on any atom is 0.308 e. The third-order valence-electron chi connectivity index (χ3n) is 8.19. The van der Waals surface area contributed by atoms with E-state index in [1.54, 1.807) is 13.3 Å². The maximum atomic E-state index is 13.8. The van der Waals surface area contributed by atoms with Crippen molar-refractivity contribution in [1.29, 1.82) is 0 Å². The summed E-state index contributed by atoms with van der Waals surface area (Å²) in [6.07, 6.45) is 5.48. The molecule has 11 heteroatoms. The van der Waals surface area contributed by atoms with Crippen LogP contribution in [0.1, 0.15) is 55.7 Å². The Labute approximate surface area is 248 Å². The van der Waals surface area contributed by atoms with E-state index in [1.165, 1.54) is 0 Å². The lowest BCUT2D eigenvalue weighted by atomic mass is 9.83. The number of fused-ring (bicyclic) bond motifs is 1. The molecule has 2 aromatic rings. The fraction of sp³-hybridized carbons (Fsp3) is 0.645. The second-order valence-electron chi connectivity index (χ2n) is 12.4. The molecule has 232 valence electrons. The summed E-state index contributed by atoms with van der Waals surface area (Å²) < 4.78 is 23.3. The Morgan fingerprint density at radius 1 is 1.19 bits per heavy atom. The molecule has 4 rings (SSSR count). The van der Waals surface area contributed by atoms with Crippen LogP contribution in [0.3, 0.4) is 0 Å². The summed E-state index contributed by atoms with van der Waals surface area (Å²) in [4.78, 5) is 35.0. The van der Waals surface area contributed by atoms with Crippen LogP contribution in [0.25, 0.3) is 0 Å². The number of aliphatic carboxylic acids is 1. The van der Waals surface area contributed by atoms with Crippen LogP contribution in [0.5, 0.6) is 17.2 Å². The average Bonchev–Trinajstić information content (AvgIpc) is 3.66. The zero-order valence-electron chi connectivity index (χ0n) is 25.9. The Hall–Kier alpha value is -3.31. The molecule has 1 fully saturated rings. The van der Waals surface area contributed by atoms with Crippen molar-refractivity contribution in [2.45, 2.75) is 57.9 Å². The summed E-state index contributed by atoms with van der Waals surface area (Å²) in [6.45, 7) is 6.97. The number of benzene rings is 1.